The van der Waals surface area contributed by atoms with Crippen molar-refractivity contribution in [3.63, 3.8) is 0 Å². The van der Waals surface area contributed by atoms with Crippen molar-refractivity contribution in [2.75, 3.05) is 37.8 Å². The number of unbranched alkanes of at least 4 members (excludes halogenated alkanes) is 9. The minimum atomic E-state index is -5.57. The average Bonchev–Trinajstić information content (AvgIpc) is 3.77. The number of nitrogens with two attached hydrogens (primary N) is 1. The summed E-state index contributed by atoms with van der Waals surface area (Å²) >= 11 is 1.15. The number of aromatic nitrogens is 4. The number of nitrogen functional groups attached to an aromatic ring is 1. The number of phosphoric ester groups is 3. The van der Waals surface area contributed by atoms with Gasteiger partial charge in [0.25, 0.3) is 0 Å². The lowest BCUT2D eigenvalue weighted by molar-refractivity contribution is -0.137. The lowest BCUT2D eigenvalue weighted by Gasteiger charge is -2.30. The number of imidazole rings is 1. The van der Waals surface area contributed by atoms with Crippen LogP contribution >= 0.6 is 35.2 Å². The van der Waals surface area contributed by atoms with E-state index in [2.05, 4.69) is 48.3 Å². The highest BCUT2D eigenvalue weighted by molar-refractivity contribution is 8.13. The van der Waals surface area contributed by atoms with Gasteiger partial charge in [0.05, 0.1) is 19.5 Å². The number of amides is 2. The van der Waals surface area contributed by atoms with Crippen LogP contribution in [0, 0.1) is 11.3 Å². The monoisotopic (exact) mass is 1010 g/mol. The number of phosphoric acid groups is 3. The number of carbonyl (C=O) groups excluding carboxylic acids is 3. The van der Waals surface area contributed by atoms with Gasteiger partial charge >= 0.3 is 23.5 Å². The van der Waals surface area contributed by atoms with Crippen LogP contribution in [0.15, 0.2) is 12.7 Å². The van der Waals surface area contributed by atoms with E-state index in [4.69, 9.17) is 19.5 Å². The smallest absolute Gasteiger partial charge is 0.386 e. The molecule has 372 valence electrons. The van der Waals surface area contributed by atoms with Crippen molar-refractivity contribution in [1.82, 2.24) is 30.2 Å². The first-order valence-corrected chi connectivity index (χ1v) is 27.0. The second kappa shape index (κ2) is 26.9. The fourth-order valence-corrected chi connectivity index (χ4v) is 10.2. The molecular weight excluding hydrogens is 939 g/mol. The third-order valence-corrected chi connectivity index (χ3v) is 14.2. The summed E-state index contributed by atoms with van der Waals surface area (Å²) in [6.07, 6.45) is 6.80. The molecule has 1 aliphatic rings. The zero-order valence-corrected chi connectivity index (χ0v) is 40.6. The predicted octanol–water partition coefficient (Wildman–Crippen LogP) is 4.00. The number of hydrogen-bond donors (Lipinski definition) is 9. The Labute approximate surface area is 382 Å². The van der Waals surface area contributed by atoms with Gasteiger partial charge in [0, 0.05) is 37.1 Å². The molecule has 0 radical (unpaired) electrons. The molecule has 24 nitrogen and oxygen atoms in total. The maximum absolute atomic E-state index is 12.7. The maximum atomic E-state index is 12.7. The van der Waals surface area contributed by atoms with Gasteiger partial charge in [0.1, 0.15) is 36.3 Å². The van der Waals surface area contributed by atoms with Crippen molar-refractivity contribution >= 4 is 69.1 Å². The summed E-state index contributed by atoms with van der Waals surface area (Å²) < 4.78 is 62.4. The third kappa shape index (κ3) is 20.8. The van der Waals surface area contributed by atoms with Crippen LogP contribution < -0.4 is 16.4 Å². The van der Waals surface area contributed by atoms with Gasteiger partial charge in [0.2, 0.25) is 11.8 Å². The summed E-state index contributed by atoms with van der Waals surface area (Å²) in [7, 11) is -16.4. The standard InChI is InChI=1S/C37H66N7O17P3S/c1-25(2)15-13-11-9-7-5-6-8-10-12-14-16-28(46)65-20-19-39-27(45)17-18-40-35(49)32(48)37(3,4)22-58-64(55,56)61-63(53,54)57-21-26-31(60-62(50,51)52)30(47)36(59-26)44-24-43-29-33(38)41-23-42-34(29)44/h23-26,30-32,36,47-48H,5-22H2,1-4H3,(H,39,45)(H,40,49)(H,53,54)(H,55,56)(H2,38,41,42)(H2,50,51,52). The van der Waals surface area contributed by atoms with E-state index in [1.807, 2.05) is 0 Å². The molecule has 0 aliphatic carbocycles. The summed E-state index contributed by atoms with van der Waals surface area (Å²) in [6.45, 7) is 5.10. The van der Waals surface area contributed by atoms with E-state index in [-0.39, 0.29) is 41.6 Å². The van der Waals surface area contributed by atoms with E-state index in [1.54, 1.807) is 0 Å². The second-order valence-corrected chi connectivity index (χ2v) is 22.1. The zero-order valence-electron chi connectivity index (χ0n) is 37.1. The molecule has 65 heavy (non-hydrogen) atoms. The largest absolute Gasteiger partial charge is 0.481 e. The Morgan fingerprint density at radius 1 is 0.892 bits per heavy atom. The van der Waals surface area contributed by atoms with Crippen LogP contribution in [-0.4, -0.2) is 123 Å². The van der Waals surface area contributed by atoms with Gasteiger partial charge < -0.3 is 50.9 Å². The molecule has 28 heteroatoms. The Bertz CT molecular complexity index is 1980. The molecule has 0 spiro atoms. The number of rotatable bonds is 32. The topological polar surface area (TPSA) is 364 Å². The minimum absolute atomic E-state index is 0.0335. The highest BCUT2D eigenvalue weighted by Gasteiger charge is 2.50. The average molecular weight is 1010 g/mol. The fraction of sp³-hybridized carbons (Fsp3) is 0.784. The van der Waals surface area contributed by atoms with Crippen molar-refractivity contribution in [3.8, 4) is 0 Å². The van der Waals surface area contributed by atoms with Gasteiger partial charge in [-0.25, -0.2) is 28.6 Å². The van der Waals surface area contributed by atoms with Crippen LogP contribution in [0.25, 0.3) is 11.2 Å². The molecule has 3 heterocycles. The normalized spacial score (nSPS) is 20.4. The lowest BCUT2D eigenvalue weighted by atomic mass is 9.87. The first-order chi connectivity index (χ1) is 30.4. The molecule has 1 aliphatic heterocycles. The Kier molecular flexibility index (Phi) is 23.6. The van der Waals surface area contributed by atoms with E-state index >= 15 is 0 Å². The Hall–Kier alpha value is -2.44. The molecular formula is C37H66N7O17P3S. The first-order valence-electron chi connectivity index (χ1n) is 21.5. The van der Waals surface area contributed by atoms with Crippen molar-refractivity contribution < 1.29 is 80.5 Å². The third-order valence-electron chi connectivity index (χ3n) is 10.2. The fourth-order valence-electron chi connectivity index (χ4n) is 6.60. The van der Waals surface area contributed by atoms with Gasteiger partial charge in [0.15, 0.2) is 22.8 Å². The van der Waals surface area contributed by atoms with Crippen LogP contribution in [0.2, 0.25) is 0 Å². The number of aliphatic hydroxyl groups excluding tert-OH is 2. The molecule has 0 bridgehead atoms. The van der Waals surface area contributed by atoms with E-state index in [9.17, 15) is 57.9 Å². The van der Waals surface area contributed by atoms with Gasteiger partial charge in [-0.05, 0) is 12.3 Å². The number of anilines is 1. The van der Waals surface area contributed by atoms with Crippen molar-refractivity contribution in [2.24, 2.45) is 11.3 Å². The first kappa shape index (κ1) is 56.9. The van der Waals surface area contributed by atoms with E-state index < -0.39 is 84.6 Å². The van der Waals surface area contributed by atoms with Crippen LogP contribution in [0.4, 0.5) is 5.82 Å². The van der Waals surface area contributed by atoms with Crippen molar-refractivity contribution in [2.45, 2.75) is 142 Å². The molecule has 2 aromatic heterocycles. The quantitative estimate of drug-likeness (QED) is 0.0369. The highest BCUT2D eigenvalue weighted by atomic mass is 32.2. The van der Waals surface area contributed by atoms with E-state index in [1.165, 1.54) is 65.2 Å². The molecule has 7 atom stereocenters. The van der Waals surface area contributed by atoms with Crippen molar-refractivity contribution in [3.05, 3.63) is 12.7 Å². The Balaban J connectivity index is 1.33. The maximum Gasteiger partial charge on any atom is 0.481 e. The summed E-state index contributed by atoms with van der Waals surface area (Å²) in [4.78, 5) is 88.3. The molecule has 2 amide bonds. The van der Waals surface area contributed by atoms with Gasteiger partial charge in [-0.3, -0.25) is 32.5 Å². The van der Waals surface area contributed by atoms with Crippen LogP contribution in [0.3, 0.4) is 0 Å². The van der Waals surface area contributed by atoms with Crippen LogP contribution in [0.1, 0.15) is 117 Å². The Morgan fingerprint density at radius 3 is 2.14 bits per heavy atom. The minimum Gasteiger partial charge on any atom is -0.386 e. The van der Waals surface area contributed by atoms with Gasteiger partial charge in [-0.2, -0.15) is 4.31 Å². The van der Waals surface area contributed by atoms with Crippen LogP contribution in [-0.2, 0) is 50.7 Å². The van der Waals surface area contributed by atoms with Gasteiger partial charge in [-0.15, -0.1) is 0 Å². The van der Waals surface area contributed by atoms with Gasteiger partial charge in [-0.1, -0.05) is 104 Å². The number of fused-ring (bicyclic) bond motifs is 1. The summed E-state index contributed by atoms with van der Waals surface area (Å²) in [5.74, 6) is -0.243. The van der Waals surface area contributed by atoms with E-state index in [0.29, 0.717) is 12.2 Å². The molecule has 10 N–H and O–H groups in total. The zero-order chi connectivity index (χ0) is 48.4. The highest BCUT2D eigenvalue weighted by Crippen LogP contribution is 2.61. The number of nitrogens with one attached hydrogen (secondary N) is 2. The predicted molar refractivity (Wildman–Crippen MR) is 237 cm³/mol. The molecule has 3 rings (SSSR count). The summed E-state index contributed by atoms with van der Waals surface area (Å²) in [5.41, 5.74) is 4.29. The lowest BCUT2D eigenvalue weighted by Crippen LogP contribution is -2.46. The van der Waals surface area contributed by atoms with Crippen molar-refractivity contribution in [1.29, 1.82) is 0 Å². The SMILES string of the molecule is CC(C)CCCCCCCCCCCCC(=O)SCCNC(=O)CCNC(=O)C(O)C(C)(C)COP(=O)(O)OP(=O)(O)OCC1OC(n2cnc3c(N)ncnc32)C(O)C1OP(=O)(O)O. The molecule has 0 saturated carbocycles. The summed E-state index contributed by atoms with van der Waals surface area (Å²) in [5, 5.41) is 26.6. The van der Waals surface area contributed by atoms with E-state index in [0.717, 1.165) is 54.2 Å². The number of aliphatic hydroxyl groups is 2. The molecule has 7 unspecified atom stereocenters. The summed E-state index contributed by atoms with van der Waals surface area (Å²) in [6, 6.07) is 0. The number of hydrogen-bond acceptors (Lipinski definition) is 18. The Morgan fingerprint density at radius 2 is 1.51 bits per heavy atom. The molecule has 1 fully saturated rings. The number of nitrogens with zero attached hydrogens (tertiary/aromatic N) is 4. The molecule has 0 aromatic carbocycles. The van der Waals surface area contributed by atoms with Crippen LogP contribution in [0.5, 0.6) is 0 Å². The number of carbonyl (C=O) groups is 3. The molecule has 1 saturated heterocycles. The molecule has 2 aromatic rings. The second-order valence-electron chi connectivity index (χ2n) is 16.8. The number of thioether (sulfide) groups is 1. The number of ether oxygens (including phenoxy) is 1.